The lowest BCUT2D eigenvalue weighted by atomic mass is 10.0. The molecule has 0 bridgehead atoms. The Morgan fingerprint density at radius 2 is 1.56 bits per heavy atom. The molecule has 0 saturated carbocycles. The van der Waals surface area contributed by atoms with Crippen LogP contribution in [0, 0.1) is 0 Å². The Hall–Kier alpha value is -3.49. The second kappa shape index (κ2) is 11.6. The van der Waals surface area contributed by atoms with Gasteiger partial charge in [0.15, 0.2) is 17.0 Å². The molecule has 2 aromatic carbocycles. The van der Waals surface area contributed by atoms with E-state index in [4.69, 9.17) is 5.11 Å². The van der Waals surface area contributed by atoms with E-state index in [0.717, 1.165) is 27.9 Å². The second-order valence-corrected chi connectivity index (χ2v) is 7.93. The predicted molar refractivity (Wildman–Crippen MR) is 138 cm³/mol. The van der Waals surface area contributed by atoms with E-state index in [-0.39, 0.29) is 12.6 Å². The summed E-state index contributed by atoms with van der Waals surface area (Å²) in [5.74, 6) is 1.24. The number of anilines is 2. The predicted octanol–water partition coefficient (Wildman–Crippen LogP) is 4.78. The van der Waals surface area contributed by atoms with Crippen LogP contribution in [0.15, 0.2) is 54.9 Å². The number of aromatic nitrogens is 4. The van der Waals surface area contributed by atoms with Gasteiger partial charge in [-0.1, -0.05) is 62.4 Å². The fourth-order valence-electron chi connectivity index (χ4n) is 3.53. The number of aliphatic hydroxyl groups is 2. The normalized spacial score (nSPS) is 11.8. The van der Waals surface area contributed by atoms with E-state index >= 15 is 0 Å². The Morgan fingerprint density at radius 3 is 2.12 bits per heavy atom. The number of aliphatic hydroxyl groups excluding tert-OH is 2. The minimum Gasteiger partial charge on any atom is -0.393 e. The molecule has 2 heterocycles. The molecule has 0 aliphatic rings. The van der Waals surface area contributed by atoms with Crippen LogP contribution in [0.2, 0.25) is 0 Å². The monoisotopic (exact) mass is 462 g/mol. The standard InChI is InChI=1S/C24H28N6O2.C2H6/c1-15(2)30-14-27-21-22(28-24(25-3)29-23(21)30)26-12-16-4-6-17(7-5-16)18-8-10-19(11-9-18)20(32)13-31;1-2/h4-11,14-15,20,31-32H,12-13H2,1-3H3,(H2,25,26,28,29);1-2H3. The molecule has 8 heteroatoms. The first-order valence-electron chi connectivity index (χ1n) is 11.6. The topological polar surface area (TPSA) is 108 Å². The molecular weight excluding hydrogens is 428 g/mol. The fraction of sp³-hybridized carbons (Fsp3) is 0.346. The van der Waals surface area contributed by atoms with Crippen LogP contribution < -0.4 is 10.6 Å². The van der Waals surface area contributed by atoms with Gasteiger partial charge in [-0.3, -0.25) is 0 Å². The van der Waals surface area contributed by atoms with Crippen molar-refractivity contribution in [3.05, 3.63) is 66.0 Å². The summed E-state index contributed by atoms with van der Waals surface area (Å²) in [5, 5.41) is 25.2. The Bertz CT molecular complexity index is 1190. The molecule has 34 heavy (non-hydrogen) atoms. The second-order valence-electron chi connectivity index (χ2n) is 7.93. The number of benzene rings is 2. The van der Waals surface area contributed by atoms with Gasteiger partial charge in [-0.05, 0) is 36.1 Å². The summed E-state index contributed by atoms with van der Waals surface area (Å²) in [6.07, 6.45) is 0.954. The van der Waals surface area contributed by atoms with Crippen molar-refractivity contribution in [2.45, 2.75) is 46.4 Å². The molecule has 4 N–H and O–H groups in total. The highest BCUT2D eigenvalue weighted by atomic mass is 16.3. The lowest BCUT2D eigenvalue weighted by Crippen LogP contribution is -2.07. The third-order valence-electron chi connectivity index (χ3n) is 5.42. The maximum Gasteiger partial charge on any atom is 0.226 e. The van der Waals surface area contributed by atoms with Gasteiger partial charge in [-0.15, -0.1) is 0 Å². The lowest BCUT2D eigenvalue weighted by Gasteiger charge is -2.11. The van der Waals surface area contributed by atoms with Crippen molar-refractivity contribution in [1.29, 1.82) is 0 Å². The zero-order valence-electron chi connectivity index (χ0n) is 20.4. The number of nitrogens with one attached hydrogen (secondary N) is 2. The Kier molecular flexibility index (Phi) is 8.56. The van der Waals surface area contributed by atoms with E-state index in [1.54, 1.807) is 13.4 Å². The molecule has 1 unspecified atom stereocenters. The highest BCUT2D eigenvalue weighted by molar-refractivity contribution is 5.84. The molecule has 0 aliphatic heterocycles. The van der Waals surface area contributed by atoms with Gasteiger partial charge >= 0.3 is 0 Å². The molecule has 0 spiro atoms. The molecule has 0 amide bonds. The fourth-order valence-corrected chi connectivity index (χ4v) is 3.53. The maximum absolute atomic E-state index is 9.73. The molecule has 8 nitrogen and oxygen atoms in total. The Morgan fingerprint density at radius 1 is 0.941 bits per heavy atom. The smallest absolute Gasteiger partial charge is 0.226 e. The molecule has 0 radical (unpaired) electrons. The summed E-state index contributed by atoms with van der Waals surface area (Å²) < 4.78 is 2.03. The lowest BCUT2D eigenvalue weighted by molar-refractivity contribution is 0.0956. The van der Waals surface area contributed by atoms with Crippen molar-refractivity contribution in [1.82, 2.24) is 19.5 Å². The SMILES string of the molecule is CC.CNc1nc(NCc2ccc(-c3ccc(C(O)CO)cc3)cc2)c2ncn(C(C)C)c2n1. The van der Waals surface area contributed by atoms with Crippen molar-refractivity contribution in [2.75, 3.05) is 24.3 Å². The average molecular weight is 463 g/mol. The first-order chi connectivity index (χ1) is 16.5. The number of nitrogens with zero attached hydrogens (tertiary/aromatic N) is 4. The third-order valence-corrected chi connectivity index (χ3v) is 5.42. The van der Waals surface area contributed by atoms with Crippen LogP contribution in [-0.4, -0.2) is 43.4 Å². The van der Waals surface area contributed by atoms with Crippen molar-refractivity contribution < 1.29 is 10.2 Å². The molecule has 4 rings (SSSR count). The van der Waals surface area contributed by atoms with Gasteiger partial charge in [0.05, 0.1) is 12.9 Å². The molecule has 0 aliphatic carbocycles. The van der Waals surface area contributed by atoms with Gasteiger partial charge in [0, 0.05) is 19.6 Å². The van der Waals surface area contributed by atoms with Gasteiger partial charge in [0.2, 0.25) is 5.95 Å². The van der Waals surface area contributed by atoms with Gasteiger partial charge in [0.1, 0.15) is 6.10 Å². The summed E-state index contributed by atoms with van der Waals surface area (Å²) in [6, 6.07) is 16.1. The van der Waals surface area contributed by atoms with Crippen LogP contribution in [0.5, 0.6) is 0 Å². The van der Waals surface area contributed by atoms with Crippen molar-refractivity contribution in [3.8, 4) is 11.1 Å². The van der Waals surface area contributed by atoms with Gasteiger partial charge < -0.3 is 25.4 Å². The maximum atomic E-state index is 9.73. The van der Waals surface area contributed by atoms with Crippen molar-refractivity contribution in [3.63, 3.8) is 0 Å². The molecule has 1 atom stereocenters. The van der Waals surface area contributed by atoms with Crippen molar-refractivity contribution in [2.24, 2.45) is 0 Å². The largest absolute Gasteiger partial charge is 0.393 e. The van der Waals surface area contributed by atoms with E-state index < -0.39 is 6.10 Å². The van der Waals surface area contributed by atoms with Gasteiger partial charge in [0.25, 0.3) is 0 Å². The number of fused-ring (bicyclic) bond motifs is 1. The summed E-state index contributed by atoms with van der Waals surface area (Å²) in [4.78, 5) is 13.6. The number of imidazole rings is 1. The van der Waals surface area contributed by atoms with E-state index in [1.165, 1.54) is 0 Å². The van der Waals surface area contributed by atoms with Crippen LogP contribution in [0.1, 0.15) is 51.0 Å². The van der Waals surface area contributed by atoms with E-state index in [1.807, 2.05) is 42.7 Å². The summed E-state index contributed by atoms with van der Waals surface area (Å²) >= 11 is 0. The van der Waals surface area contributed by atoms with E-state index in [0.29, 0.717) is 23.9 Å². The van der Waals surface area contributed by atoms with Crippen LogP contribution in [0.25, 0.3) is 22.3 Å². The molecular formula is C26H34N6O2. The number of rotatable bonds is 8. The minimum absolute atomic E-state index is 0.251. The average Bonchev–Trinajstić information content (AvgIpc) is 3.33. The number of hydrogen-bond acceptors (Lipinski definition) is 7. The molecule has 0 fully saturated rings. The number of hydrogen-bond donors (Lipinski definition) is 4. The van der Waals surface area contributed by atoms with Gasteiger partial charge in [-0.2, -0.15) is 9.97 Å². The van der Waals surface area contributed by atoms with Gasteiger partial charge in [-0.25, -0.2) is 4.98 Å². The first kappa shape index (κ1) is 25.1. The molecule has 2 aromatic heterocycles. The van der Waals surface area contributed by atoms with Crippen molar-refractivity contribution >= 4 is 22.9 Å². The Labute approximate surface area is 200 Å². The third kappa shape index (κ3) is 5.52. The Balaban J connectivity index is 0.00000158. The van der Waals surface area contributed by atoms with E-state index in [9.17, 15) is 5.11 Å². The zero-order valence-corrected chi connectivity index (χ0v) is 20.4. The first-order valence-corrected chi connectivity index (χ1v) is 11.6. The quantitative estimate of drug-likeness (QED) is 0.298. The molecule has 180 valence electrons. The van der Waals surface area contributed by atoms with Crippen LogP contribution in [0.4, 0.5) is 11.8 Å². The van der Waals surface area contributed by atoms with Crippen LogP contribution in [-0.2, 0) is 6.54 Å². The molecule has 0 saturated heterocycles. The highest BCUT2D eigenvalue weighted by Crippen LogP contribution is 2.25. The summed E-state index contributed by atoms with van der Waals surface area (Å²) in [6.45, 7) is 8.51. The van der Waals surface area contributed by atoms with Crippen LogP contribution >= 0.6 is 0 Å². The van der Waals surface area contributed by atoms with Crippen LogP contribution in [0.3, 0.4) is 0 Å². The van der Waals surface area contributed by atoms with E-state index in [2.05, 4.69) is 63.7 Å². The molecule has 4 aromatic rings. The minimum atomic E-state index is -0.846. The summed E-state index contributed by atoms with van der Waals surface area (Å²) in [7, 11) is 1.80. The highest BCUT2D eigenvalue weighted by Gasteiger charge is 2.14. The zero-order chi connectivity index (χ0) is 24.7. The summed E-state index contributed by atoms with van der Waals surface area (Å²) in [5.41, 5.74) is 5.49.